The van der Waals surface area contributed by atoms with Crippen molar-refractivity contribution in [2.45, 2.75) is 26.1 Å². The van der Waals surface area contributed by atoms with Crippen molar-refractivity contribution in [3.63, 3.8) is 0 Å². The largest absolute Gasteiger partial charge is 0.549 e. The molecule has 36 heavy (non-hydrogen) atoms. The van der Waals surface area contributed by atoms with Crippen LogP contribution in [0.3, 0.4) is 0 Å². The van der Waals surface area contributed by atoms with Gasteiger partial charge in [0.25, 0.3) is 5.89 Å². The summed E-state index contributed by atoms with van der Waals surface area (Å²) in [5, 5.41) is 14.8. The van der Waals surface area contributed by atoms with Crippen molar-refractivity contribution in [1.82, 2.24) is 15.0 Å². The van der Waals surface area contributed by atoms with Gasteiger partial charge in [-0.2, -0.15) is 18.2 Å². The van der Waals surface area contributed by atoms with Gasteiger partial charge in [-0.3, -0.25) is 4.90 Å². The van der Waals surface area contributed by atoms with Gasteiger partial charge < -0.3 is 14.4 Å². The quantitative estimate of drug-likeness (QED) is 0.354. The molecule has 186 valence electrons. The molecule has 1 heterocycles. The molecular weight excluding hydrogens is 471 g/mol. The molecule has 0 amide bonds. The van der Waals surface area contributed by atoms with Crippen molar-refractivity contribution in [2.24, 2.45) is 0 Å². The molecule has 0 saturated carbocycles. The van der Waals surface area contributed by atoms with Crippen LogP contribution in [0.4, 0.5) is 13.2 Å². The van der Waals surface area contributed by atoms with E-state index in [2.05, 4.69) is 10.1 Å². The van der Waals surface area contributed by atoms with E-state index in [9.17, 15) is 23.1 Å². The van der Waals surface area contributed by atoms with E-state index < -0.39 is 17.7 Å². The minimum absolute atomic E-state index is 0.0297. The molecule has 0 radical (unpaired) electrons. The predicted octanol–water partition coefficient (Wildman–Crippen LogP) is 5.14. The molecule has 0 aliphatic rings. The third kappa shape index (κ3) is 5.31. The molecule has 9 heteroatoms. The fourth-order valence-corrected chi connectivity index (χ4v) is 3.99. The minimum Gasteiger partial charge on any atom is -0.549 e. The van der Waals surface area contributed by atoms with Gasteiger partial charge in [0.2, 0.25) is 5.82 Å². The number of nitrogens with zero attached hydrogens (tertiary/aromatic N) is 3. The van der Waals surface area contributed by atoms with Crippen LogP contribution in [-0.4, -0.2) is 34.6 Å². The molecule has 3 aromatic carbocycles. The lowest BCUT2D eigenvalue weighted by Gasteiger charge is -2.25. The Balaban J connectivity index is 1.62. The lowest BCUT2D eigenvalue weighted by molar-refractivity contribution is -0.306. The van der Waals surface area contributed by atoms with Crippen molar-refractivity contribution in [3.8, 4) is 34.0 Å². The lowest BCUT2D eigenvalue weighted by atomic mass is 9.94. The molecular formula is C27H23F3N3O3-. The number of halogens is 3. The molecule has 0 spiro atoms. The number of aromatic nitrogens is 2. The number of hydrogen-bond donors (Lipinski definition) is 0. The van der Waals surface area contributed by atoms with Crippen molar-refractivity contribution in [2.75, 3.05) is 13.6 Å². The molecule has 0 N–H and O–H groups in total. The van der Waals surface area contributed by atoms with E-state index in [0.29, 0.717) is 11.1 Å². The van der Waals surface area contributed by atoms with E-state index in [1.165, 1.54) is 12.1 Å². The number of carbonyl (C=O) groups excluding carboxylic acids is 1. The van der Waals surface area contributed by atoms with Gasteiger partial charge in [-0.15, -0.1) is 0 Å². The third-order valence-electron chi connectivity index (χ3n) is 6.12. The number of aliphatic carboxylic acids is 1. The fraction of sp³-hybridized carbons (Fsp3) is 0.222. The lowest BCUT2D eigenvalue weighted by Crippen LogP contribution is -2.37. The first kappa shape index (κ1) is 25.1. The van der Waals surface area contributed by atoms with Crippen LogP contribution in [0.2, 0.25) is 0 Å². The van der Waals surface area contributed by atoms with Gasteiger partial charge in [-0.1, -0.05) is 59.8 Å². The Kier molecular flexibility index (Phi) is 6.94. The van der Waals surface area contributed by atoms with Gasteiger partial charge in [-0.25, -0.2) is 0 Å². The Labute approximate surface area is 206 Å². The summed E-state index contributed by atoms with van der Waals surface area (Å²) < 4.78 is 47.2. The van der Waals surface area contributed by atoms with E-state index in [0.717, 1.165) is 17.2 Å². The smallest absolute Gasteiger partial charge is 0.417 e. The van der Waals surface area contributed by atoms with Gasteiger partial charge in [0.15, 0.2) is 0 Å². The maximum absolute atomic E-state index is 14.0. The number of carboxylic acids is 1. The molecule has 0 saturated heterocycles. The van der Waals surface area contributed by atoms with Crippen LogP contribution in [0, 0.1) is 6.92 Å². The topological polar surface area (TPSA) is 82.3 Å². The Hall–Kier alpha value is -3.98. The molecule has 1 atom stereocenters. The van der Waals surface area contributed by atoms with Crippen molar-refractivity contribution >= 4 is 5.97 Å². The maximum atomic E-state index is 14.0. The first-order valence-electron chi connectivity index (χ1n) is 11.2. The standard InChI is InChI=1S/C27H24F3N3O3/c1-16-6-4-5-7-21(16)22-13-12-20(14-23(22)27(28,29)30)26-31-25(32-36-26)19-10-8-18(9-11-19)17(2)33(3)15-24(34)35/h4-14,17H,15H2,1-3H3,(H,34,35)/p-1. The van der Waals surface area contributed by atoms with Crippen LogP contribution in [0.15, 0.2) is 71.3 Å². The summed E-state index contributed by atoms with van der Waals surface area (Å²) in [4.78, 5) is 16.8. The highest BCUT2D eigenvalue weighted by Crippen LogP contribution is 2.40. The highest BCUT2D eigenvalue weighted by molar-refractivity contribution is 5.74. The summed E-state index contributed by atoms with van der Waals surface area (Å²) >= 11 is 0. The molecule has 4 rings (SSSR count). The van der Waals surface area contributed by atoms with Crippen molar-refractivity contribution in [3.05, 3.63) is 83.4 Å². The first-order valence-corrected chi connectivity index (χ1v) is 11.2. The summed E-state index contributed by atoms with van der Waals surface area (Å²) in [5.74, 6) is -0.970. The van der Waals surface area contributed by atoms with E-state index in [1.54, 1.807) is 67.4 Å². The summed E-state index contributed by atoms with van der Waals surface area (Å²) in [6.07, 6.45) is -4.58. The van der Waals surface area contributed by atoms with Gasteiger partial charge in [0, 0.05) is 23.7 Å². The Morgan fingerprint density at radius 2 is 1.69 bits per heavy atom. The monoisotopic (exact) mass is 494 g/mol. The van der Waals surface area contributed by atoms with Crippen LogP contribution in [0.5, 0.6) is 0 Å². The first-order chi connectivity index (χ1) is 17.0. The molecule has 1 unspecified atom stereocenters. The number of benzene rings is 3. The molecule has 0 fully saturated rings. The SMILES string of the molecule is Cc1ccccc1-c1ccc(-c2nc(-c3ccc(C(C)N(C)CC(=O)[O-])cc3)no2)cc1C(F)(F)F. The highest BCUT2D eigenvalue weighted by atomic mass is 19.4. The Bertz CT molecular complexity index is 1380. The van der Waals surface area contributed by atoms with E-state index in [-0.39, 0.29) is 35.4 Å². The number of likely N-dealkylation sites (N-methyl/N-ethyl adjacent to an activating group) is 1. The van der Waals surface area contributed by atoms with Gasteiger partial charge >= 0.3 is 6.18 Å². The molecule has 0 aliphatic carbocycles. The van der Waals surface area contributed by atoms with Crippen molar-refractivity contribution in [1.29, 1.82) is 0 Å². The summed E-state index contributed by atoms with van der Waals surface area (Å²) in [5.41, 5.74) is 2.17. The van der Waals surface area contributed by atoms with Crippen LogP contribution >= 0.6 is 0 Å². The number of carbonyl (C=O) groups is 1. The van der Waals surface area contributed by atoms with Gasteiger partial charge in [0.05, 0.1) is 11.5 Å². The van der Waals surface area contributed by atoms with Crippen molar-refractivity contribution < 1.29 is 27.6 Å². The number of aryl methyl sites for hydroxylation is 1. The Morgan fingerprint density at radius 1 is 1.03 bits per heavy atom. The van der Waals surface area contributed by atoms with Crippen LogP contribution < -0.4 is 5.11 Å². The number of hydrogen-bond acceptors (Lipinski definition) is 6. The molecule has 1 aromatic heterocycles. The highest BCUT2D eigenvalue weighted by Gasteiger charge is 2.34. The molecule has 0 aliphatic heterocycles. The zero-order valence-corrected chi connectivity index (χ0v) is 19.8. The summed E-state index contributed by atoms with van der Waals surface area (Å²) in [6, 6.07) is 17.8. The van der Waals surface area contributed by atoms with E-state index in [4.69, 9.17) is 4.52 Å². The number of carboxylic acid groups (broad SMARTS) is 1. The third-order valence-corrected chi connectivity index (χ3v) is 6.12. The summed E-state index contributed by atoms with van der Waals surface area (Å²) in [7, 11) is 1.68. The number of rotatable bonds is 7. The summed E-state index contributed by atoms with van der Waals surface area (Å²) in [6.45, 7) is 3.42. The molecule has 4 aromatic rings. The average molecular weight is 494 g/mol. The van der Waals surface area contributed by atoms with Gasteiger partial charge in [0.1, 0.15) is 0 Å². The maximum Gasteiger partial charge on any atom is 0.417 e. The zero-order chi connectivity index (χ0) is 26.0. The van der Waals surface area contributed by atoms with Gasteiger partial charge in [-0.05, 0) is 55.3 Å². The fourth-order valence-electron chi connectivity index (χ4n) is 3.99. The second kappa shape index (κ2) is 9.94. The van der Waals surface area contributed by atoms with E-state index >= 15 is 0 Å². The normalized spacial score (nSPS) is 12.6. The minimum atomic E-state index is -4.58. The molecule has 6 nitrogen and oxygen atoms in total. The Morgan fingerprint density at radius 3 is 2.33 bits per heavy atom. The second-order valence-corrected chi connectivity index (χ2v) is 8.58. The zero-order valence-electron chi connectivity index (χ0n) is 19.8. The average Bonchev–Trinajstić information content (AvgIpc) is 3.33. The molecule has 0 bridgehead atoms. The van der Waals surface area contributed by atoms with Crippen LogP contribution in [0.25, 0.3) is 34.0 Å². The second-order valence-electron chi connectivity index (χ2n) is 8.58. The van der Waals surface area contributed by atoms with Crippen LogP contribution in [0.1, 0.15) is 29.7 Å². The number of alkyl halides is 3. The van der Waals surface area contributed by atoms with Crippen LogP contribution in [-0.2, 0) is 11.0 Å². The predicted molar refractivity (Wildman–Crippen MR) is 126 cm³/mol. The van der Waals surface area contributed by atoms with E-state index in [1.807, 2.05) is 6.92 Å².